The van der Waals surface area contributed by atoms with Crippen LogP contribution in [0.25, 0.3) is 85.0 Å². The van der Waals surface area contributed by atoms with Crippen LogP contribution in [0.1, 0.15) is 17.5 Å². The van der Waals surface area contributed by atoms with Gasteiger partial charge in [-0.1, -0.05) is 84.9 Å². The minimum Gasteiger partial charge on any atom is -0.357 e. The summed E-state index contributed by atoms with van der Waals surface area (Å²) < 4.78 is 0. The van der Waals surface area contributed by atoms with Gasteiger partial charge in [0.1, 0.15) is 0 Å². The summed E-state index contributed by atoms with van der Waals surface area (Å²) in [6.45, 7) is 0. The predicted molar refractivity (Wildman–Crippen MR) is 154 cm³/mol. The summed E-state index contributed by atoms with van der Waals surface area (Å²) >= 11 is 0. The van der Waals surface area contributed by atoms with E-state index in [2.05, 4.69) is 12.2 Å². The Morgan fingerprint density at radius 3 is 1.46 bits per heavy atom. The Morgan fingerprint density at radius 1 is 0.488 bits per heavy atom. The van der Waals surface area contributed by atoms with Gasteiger partial charge < -0.3 is 29.9 Å². The van der Waals surface area contributed by atoms with Crippen molar-refractivity contribution >= 4 is 39.4 Å². The van der Waals surface area contributed by atoms with Crippen molar-refractivity contribution in [3.8, 4) is 45.6 Å². The van der Waals surface area contributed by atoms with Gasteiger partial charge in [0.15, 0.2) is 0 Å². The third-order valence-corrected chi connectivity index (χ3v) is 7.60. The molecule has 3 aliphatic rings. The van der Waals surface area contributed by atoms with Crippen LogP contribution in [0, 0.1) is 0 Å². The van der Waals surface area contributed by atoms with Crippen molar-refractivity contribution in [2.75, 3.05) is 0 Å². The zero-order chi connectivity index (χ0) is 26.2. The fourth-order valence-electron chi connectivity index (χ4n) is 5.71. The van der Waals surface area contributed by atoms with Gasteiger partial charge in [0.2, 0.25) is 0 Å². The van der Waals surface area contributed by atoms with Crippen LogP contribution in [0.3, 0.4) is 0 Å². The quantitative estimate of drug-likeness (QED) is 0.220. The Kier molecular flexibility index (Phi) is 5.25. The van der Waals surface area contributed by atoms with Crippen molar-refractivity contribution < 1.29 is 16.8 Å². The number of fused-ring (bicyclic) bond motifs is 20. The Labute approximate surface area is 243 Å². The topological polar surface area (TPSA) is 106 Å². The van der Waals surface area contributed by atoms with E-state index < -0.39 is 0 Å². The molecule has 2 aliphatic heterocycles. The van der Waals surface area contributed by atoms with Crippen LogP contribution in [-0.4, -0.2) is 29.9 Å². The van der Waals surface area contributed by atoms with Crippen LogP contribution in [0.15, 0.2) is 78.9 Å². The van der Waals surface area contributed by atoms with Gasteiger partial charge in [0.25, 0.3) is 0 Å². The van der Waals surface area contributed by atoms with Crippen LogP contribution >= 0.6 is 0 Å². The predicted octanol–water partition coefficient (Wildman–Crippen LogP) is 5.93. The first-order chi connectivity index (χ1) is 19.8. The van der Waals surface area contributed by atoms with E-state index in [4.69, 9.17) is 39.9 Å². The number of hydrogen-bond acceptors (Lipinski definition) is 6. The first-order valence-electron chi connectivity index (χ1n) is 13.2. The molecule has 0 unspecified atom stereocenters. The second-order valence-corrected chi connectivity index (χ2v) is 9.95. The molecule has 1 aliphatic carbocycles. The van der Waals surface area contributed by atoms with Crippen molar-refractivity contribution in [1.29, 1.82) is 0 Å². The Morgan fingerprint density at radius 2 is 0.927 bits per heavy atom. The molecule has 0 spiro atoms. The summed E-state index contributed by atoms with van der Waals surface area (Å²) in [6.07, 6.45) is 6.01. The van der Waals surface area contributed by atoms with E-state index in [1.807, 2.05) is 72.8 Å². The molecule has 6 aromatic rings. The second-order valence-electron chi connectivity index (χ2n) is 9.95. The van der Waals surface area contributed by atoms with Crippen LogP contribution in [-0.2, 0) is 23.2 Å². The van der Waals surface area contributed by atoms with Crippen LogP contribution in [0.5, 0.6) is 0 Å². The maximum absolute atomic E-state index is 5.00. The van der Waals surface area contributed by atoms with Gasteiger partial charge in [-0.05, 0) is 34.7 Å². The van der Waals surface area contributed by atoms with E-state index in [1.54, 1.807) is 0 Å². The zero-order valence-electron chi connectivity index (χ0n) is 21.4. The molecule has 5 heterocycles. The maximum Gasteiger partial charge on any atom is 2.00 e. The summed E-state index contributed by atoms with van der Waals surface area (Å²) in [5.41, 5.74) is 8.07. The molecule has 3 aromatic heterocycles. The molecule has 0 N–H and O–H groups in total. The first kappa shape index (κ1) is 23.9. The smallest absolute Gasteiger partial charge is 0.357 e. The molecule has 9 heteroatoms. The molecule has 0 atom stereocenters. The molecule has 0 fully saturated rings. The van der Waals surface area contributed by atoms with E-state index in [-0.39, 0.29) is 16.8 Å². The van der Waals surface area contributed by atoms with Crippen molar-refractivity contribution in [3.63, 3.8) is 0 Å². The molecule has 9 rings (SSSR count). The molecular formula is C32H18CoN8. The van der Waals surface area contributed by atoms with Gasteiger partial charge in [0.05, 0.1) is 23.3 Å². The van der Waals surface area contributed by atoms with Crippen molar-refractivity contribution in [1.82, 2.24) is 39.9 Å². The Balaban J connectivity index is 0.00000256. The van der Waals surface area contributed by atoms with Crippen LogP contribution in [0.2, 0.25) is 0 Å². The number of rotatable bonds is 0. The van der Waals surface area contributed by atoms with Crippen molar-refractivity contribution in [2.45, 2.75) is 12.8 Å². The van der Waals surface area contributed by atoms with E-state index in [9.17, 15) is 0 Å². The summed E-state index contributed by atoms with van der Waals surface area (Å²) in [4.78, 5) is 39.5. The number of aromatic nitrogens is 8. The normalized spacial score (nSPS) is 12.9. The third kappa shape index (κ3) is 3.59. The van der Waals surface area contributed by atoms with Gasteiger partial charge in [-0.25, -0.2) is 9.97 Å². The summed E-state index contributed by atoms with van der Waals surface area (Å²) in [7, 11) is 0. The third-order valence-electron chi connectivity index (χ3n) is 7.60. The minimum absolute atomic E-state index is 0. The van der Waals surface area contributed by atoms with Crippen LogP contribution < -0.4 is 9.97 Å². The minimum atomic E-state index is 0. The fraction of sp³-hybridized carbons (Fsp3) is 0.0625. The summed E-state index contributed by atoms with van der Waals surface area (Å²) in [5, 5.41) is 1.80. The van der Waals surface area contributed by atoms with E-state index in [1.165, 1.54) is 0 Å². The Hall–Kier alpha value is -4.99. The Bertz CT molecular complexity index is 2240. The number of aryl methyl sites for hydroxylation is 1. The standard InChI is InChI=1S/C32H18N8.Co/c1-2-10-18-17(9-1)25-33-26(18)38-28-21-13-5-6-14-22(21)30(35-28)40-32-24-16-8-7-15-23(24)31(36-32)39-29-20-12-4-3-11-19(20)27(34-29)37-25;/h1-7,9-15H,8,16H2;/q-2;+2. The molecule has 1 radical (unpaired) electrons. The van der Waals surface area contributed by atoms with Crippen molar-refractivity contribution in [2.24, 2.45) is 0 Å². The average molecular weight is 573 g/mol. The van der Waals surface area contributed by atoms with E-state index >= 15 is 0 Å². The largest absolute Gasteiger partial charge is 2.00 e. The molecule has 0 saturated heterocycles. The van der Waals surface area contributed by atoms with Gasteiger partial charge >= 0.3 is 16.8 Å². The van der Waals surface area contributed by atoms with Crippen molar-refractivity contribution in [3.05, 3.63) is 90.0 Å². The summed E-state index contributed by atoms with van der Waals surface area (Å²) in [5.74, 6) is 2.30. The first-order valence-corrected chi connectivity index (χ1v) is 13.2. The zero-order valence-corrected chi connectivity index (χ0v) is 22.4. The SMILES string of the molecule is C1=Cc2c(c3nc4nc(nc5[n-]c(nc6nc(nc2[n-]3)-c2ccccc2-6)c2ccccc52)-c2ccccc2-4)CC1.[Co+2]. The molecule has 0 amide bonds. The average Bonchev–Trinajstić information content (AvgIpc) is 3.73. The molecule has 8 bridgehead atoms. The molecule has 0 saturated carbocycles. The molecule has 195 valence electrons. The molecule has 3 aromatic carbocycles. The number of nitrogens with zero attached hydrogens (tertiary/aromatic N) is 8. The van der Waals surface area contributed by atoms with Gasteiger partial charge in [-0.2, -0.15) is 0 Å². The second kappa shape index (κ2) is 9.02. The maximum atomic E-state index is 5.00. The molecular weight excluding hydrogens is 555 g/mol. The van der Waals surface area contributed by atoms with E-state index in [0.29, 0.717) is 45.9 Å². The molecule has 41 heavy (non-hydrogen) atoms. The number of allylic oxidation sites excluding steroid dienone is 1. The number of benzene rings is 3. The van der Waals surface area contributed by atoms with Gasteiger partial charge in [0, 0.05) is 44.8 Å². The van der Waals surface area contributed by atoms with Gasteiger partial charge in [-0.3, -0.25) is 0 Å². The van der Waals surface area contributed by atoms with Gasteiger partial charge in [-0.15, -0.1) is 0 Å². The number of hydrogen-bond donors (Lipinski definition) is 0. The monoisotopic (exact) mass is 573 g/mol. The fourth-order valence-corrected chi connectivity index (χ4v) is 5.71. The van der Waals surface area contributed by atoms with Crippen LogP contribution in [0.4, 0.5) is 0 Å². The van der Waals surface area contributed by atoms with E-state index in [0.717, 1.165) is 57.0 Å². The summed E-state index contributed by atoms with van der Waals surface area (Å²) in [6, 6.07) is 24.0. The molecule has 8 nitrogen and oxygen atoms in total.